The summed E-state index contributed by atoms with van der Waals surface area (Å²) in [6.45, 7) is 2.30. The van der Waals surface area contributed by atoms with E-state index < -0.39 is 0 Å². The van der Waals surface area contributed by atoms with Gasteiger partial charge in [-0.1, -0.05) is 31.9 Å². The largest absolute Gasteiger partial charge is 0.324 e. The van der Waals surface area contributed by atoms with Gasteiger partial charge in [-0.15, -0.1) is 0 Å². The fourth-order valence-electron chi connectivity index (χ4n) is 2.63. The molecule has 2 heteroatoms. The summed E-state index contributed by atoms with van der Waals surface area (Å²) < 4.78 is 13.1. The molecule has 0 spiro atoms. The molecule has 1 atom stereocenters. The first kappa shape index (κ1) is 11.6. The SMILES string of the molecule is CC1CCC(C(N)c2cccc(F)c2)CC1. The van der Waals surface area contributed by atoms with Crippen molar-refractivity contribution in [1.82, 2.24) is 0 Å². The van der Waals surface area contributed by atoms with Crippen LogP contribution in [0.15, 0.2) is 24.3 Å². The van der Waals surface area contributed by atoms with E-state index in [2.05, 4.69) is 6.92 Å². The maximum atomic E-state index is 13.1. The Morgan fingerprint density at radius 1 is 1.25 bits per heavy atom. The zero-order valence-corrected chi connectivity index (χ0v) is 9.83. The molecule has 1 unspecified atom stereocenters. The van der Waals surface area contributed by atoms with E-state index >= 15 is 0 Å². The van der Waals surface area contributed by atoms with Gasteiger partial charge in [0.1, 0.15) is 5.82 Å². The molecular formula is C14H20FN. The zero-order valence-electron chi connectivity index (χ0n) is 9.83. The molecule has 1 nitrogen and oxygen atoms in total. The average Bonchev–Trinajstić information content (AvgIpc) is 2.29. The Morgan fingerprint density at radius 2 is 1.94 bits per heavy atom. The Kier molecular flexibility index (Phi) is 3.59. The second kappa shape index (κ2) is 4.96. The van der Waals surface area contributed by atoms with Crippen LogP contribution in [-0.2, 0) is 0 Å². The molecule has 88 valence electrons. The van der Waals surface area contributed by atoms with Crippen LogP contribution in [0.2, 0.25) is 0 Å². The molecule has 0 amide bonds. The van der Waals surface area contributed by atoms with Gasteiger partial charge < -0.3 is 5.73 Å². The van der Waals surface area contributed by atoms with Crippen LogP contribution in [0.3, 0.4) is 0 Å². The van der Waals surface area contributed by atoms with Crippen molar-refractivity contribution in [2.75, 3.05) is 0 Å². The van der Waals surface area contributed by atoms with E-state index in [4.69, 9.17) is 5.73 Å². The number of benzene rings is 1. The summed E-state index contributed by atoms with van der Waals surface area (Å²) in [4.78, 5) is 0. The molecule has 0 radical (unpaired) electrons. The van der Waals surface area contributed by atoms with Gasteiger partial charge in [-0.25, -0.2) is 4.39 Å². The fourth-order valence-corrected chi connectivity index (χ4v) is 2.63. The molecule has 1 aliphatic carbocycles. The van der Waals surface area contributed by atoms with E-state index in [0.717, 1.165) is 11.5 Å². The third kappa shape index (κ3) is 2.62. The molecular weight excluding hydrogens is 201 g/mol. The third-order valence-electron chi connectivity index (χ3n) is 3.80. The number of rotatable bonds is 2. The van der Waals surface area contributed by atoms with E-state index in [1.54, 1.807) is 12.1 Å². The molecule has 2 rings (SSSR count). The predicted octanol–water partition coefficient (Wildman–Crippen LogP) is 3.65. The minimum absolute atomic E-state index is 0.00296. The van der Waals surface area contributed by atoms with Crippen molar-refractivity contribution >= 4 is 0 Å². The number of hydrogen-bond donors (Lipinski definition) is 1. The predicted molar refractivity (Wildman–Crippen MR) is 64.5 cm³/mol. The third-order valence-corrected chi connectivity index (χ3v) is 3.80. The lowest BCUT2D eigenvalue weighted by atomic mass is 9.78. The molecule has 1 saturated carbocycles. The van der Waals surface area contributed by atoms with Gasteiger partial charge in [0, 0.05) is 6.04 Å². The van der Waals surface area contributed by atoms with Crippen LogP contribution in [0.25, 0.3) is 0 Å². The van der Waals surface area contributed by atoms with Gasteiger partial charge in [0.25, 0.3) is 0 Å². The lowest BCUT2D eigenvalue weighted by molar-refractivity contribution is 0.256. The van der Waals surface area contributed by atoms with Crippen molar-refractivity contribution < 1.29 is 4.39 Å². The molecule has 0 heterocycles. The van der Waals surface area contributed by atoms with Crippen molar-refractivity contribution in [2.24, 2.45) is 17.6 Å². The molecule has 0 bridgehead atoms. The summed E-state index contributed by atoms with van der Waals surface area (Å²) in [5, 5.41) is 0. The molecule has 0 saturated heterocycles. The monoisotopic (exact) mass is 221 g/mol. The normalized spacial score (nSPS) is 27.7. The second-order valence-electron chi connectivity index (χ2n) is 5.10. The van der Waals surface area contributed by atoms with Crippen LogP contribution in [0, 0.1) is 17.7 Å². The van der Waals surface area contributed by atoms with Crippen LogP contribution >= 0.6 is 0 Å². The lowest BCUT2D eigenvalue weighted by Gasteiger charge is -2.30. The van der Waals surface area contributed by atoms with E-state index in [-0.39, 0.29) is 11.9 Å². The van der Waals surface area contributed by atoms with Crippen molar-refractivity contribution in [1.29, 1.82) is 0 Å². The average molecular weight is 221 g/mol. The summed E-state index contributed by atoms with van der Waals surface area (Å²) in [6, 6.07) is 6.73. The Bertz CT molecular complexity index is 342. The fraction of sp³-hybridized carbons (Fsp3) is 0.571. The quantitative estimate of drug-likeness (QED) is 0.810. The standard InChI is InChI=1S/C14H20FN/c1-10-5-7-11(8-6-10)14(16)12-3-2-4-13(15)9-12/h2-4,9-11,14H,5-8,16H2,1H3. The van der Waals surface area contributed by atoms with Gasteiger partial charge in [0.2, 0.25) is 0 Å². The molecule has 0 aromatic heterocycles. The molecule has 16 heavy (non-hydrogen) atoms. The lowest BCUT2D eigenvalue weighted by Crippen LogP contribution is -2.25. The van der Waals surface area contributed by atoms with Gasteiger partial charge in [-0.2, -0.15) is 0 Å². The van der Waals surface area contributed by atoms with Crippen molar-refractivity contribution in [2.45, 2.75) is 38.6 Å². The maximum Gasteiger partial charge on any atom is 0.123 e. The van der Waals surface area contributed by atoms with Crippen molar-refractivity contribution in [3.05, 3.63) is 35.6 Å². The highest BCUT2D eigenvalue weighted by Crippen LogP contribution is 2.35. The topological polar surface area (TPSA) is 26.0 Å². The molecule has 2 N–H and O–H groups in total. The second-order valence-corrected chi connectivity index (χ2v) is 5.10. The molecule has 0 aliphatic heterocycles. The van der Waals surface area contributed by atoms with Crippen molar-refractivity contribution in [3.8, 4) is 0 Å². The van der Waals surface area contributed by atoms with E-state index in [9.17, 15) is 4.39 Å². The number of hydrogen-bond acceptors (Lipinski definition) is 1. The highest BCUT2D eigenvalue weighted by atomic mass is 19.1. The smallest absolute Gasteiger partial charge is 0.123 e. The summed E-state index contributed by atoms with van der Waals surface area (Å²) >= 11 is 0. The Morgan fingerprint density at radius 3 is 2.56 bits per heavy atom. The van der Waals surface area contributed by atoms with Gasteiger partial charge in [0.15, 0.2) is 0 Å². The van der Waals surface area contributed by atoms with E-state index in [0.29, 0.717) is 5.92 Å². The highest BCUT2D eigenvalue weighted by molar-refractivity contribution is 5.20. The van der Waals surface area contributed by atoms with Gasteiger partial charge in [-0.05, 0) is 42.4 Å². The highest BCUT2D eigenvalue weighted by Gasteiger charge is 2.24. The van der Waals surface area contributed by atoms with Crippen LogP contribution in [0.4, 0.5) is 4.39 Å². The Hall–Kier alpha value is -0.890. The molecule has 1 aromatic rings. The summed E-state index contributed by atoms with van der Waals surface area (Å²) in [5.41, 5.74) is 7.16. The summed E-state index contributed by atoms with van der Waals surface area (Å²) in [7, 11) is 0. The Labute approximate surface area is 96.9 Å². The molecule has 1 fully saturated rings. The summed E-state index contributed by atoms with van der Waals surface area (Å²) in [5.74, 6) is 1.17. The van der Waals surface area contributed by atoms with Crippen LogP contribution < -0.4 is 5.73 Å². The van der Waals surface area contributed by atoms with Crippen LogP contribution in [0.5, 0.6) is 0 Å². The zero-order chi connectivity index (χ0) is 11.5. The van der Waals surface area contributed by atoms with E-state index in [1.165, 1.54) is 31.7 Å². The molecule has 1 aromatic carbocycles. The van der Waals surface area contributed by atoms with Crippen LogP contribution in [-0.4, -0.2) is 0 Å². The van der Waals surface area contributed by atoms with E-state index in [1.807, 2.05) is 6.07 Å². The first-order chi connectivity index (χ1) is 7.66. The minimum Gasteiger partial charge on any atom is -0.324 e. The number of halogens is 1. The van der Waals surface area contributed by atoms with Gasteiger partial charge in [-0.3, -0.25) is 0 Å². The van der Waals surface area contributed by atoms with Crippen LogP contribution in [0.1, 0.15) is 44.2 Å². The molecule has 1 aliphatic rings. The summed E-state index contributed by atoms with van der Waals surface area (Å²) in [6.07, 6.45) is 4.87. The van der Waals surface area contributed by atoms with Gasteiger partial charge in [0.05, 0.1) is 0 Å². The number of nitrogens with two attached hydrogens (primary N) is 1. The van der Waals surface area contributed by atoms with Gasteiger partial charge >= 0.3 is 0 Å². The van der Waals surface area contributed by atoms with Crippen molar-refractivity contribution in [3.63, 3.8) is 0 Å². The first-order valence-corrected chi connectivity index (χ1v) is 6.18. The maximum absolute atomic E-state index is 13.1. The minimum atomic E-state index is -0.183. The Balaban J connectivity index is 2.04. The first-order valence-electron chi connectivity index (χ1n) is 6.18.